The molecular formula is C16H14N2O2. The van der Waals surface area contributed by atoms with Crippen LogP contribution in [0, 0.1) is 11.3 Å². The summed E-state index contributed by atoms with van der Waals surface area (Å²) < 4.78 is 5.33. The van der Waals surface area contributed by atoms with E-state index in [0.717, 1.165) is 16.9 Å². The average molecular weight is 266 g/mol. The van der Waals surface area contributed by atoms with Gasteiger partial charge in [-0.2, -0.15) is 5.26 Å². The summed E-state index contributed by atoms with van der Waals surface area (Å²) in [6.45, 7) is 0. The topological polar surface area (TPSA) is 62.1 Å². The monoisotopic (exact) mass is 266 g/mol. The molecule has 0 spiro atoms. The number of para-hydroxylation sites is 1. The highest BCUT2D eigenvalue weighted by Gasteiger charge is 2.06. The predicted octanol–water partition coefficient (Wildman–Crippen LogP) is 3.21. The van der Waals surface area contributed by atoms with E-state index in [1.165, 1.54) is 0 Å². The third-order valence-corrected chi connectivity index (χ3v) is 2.80. The fourth-order valence-electron chi connectivity index (χ4n) is 1.92. The summed E-state index contributed by atoms with van der Waals surface area (Å²) >= 11 is 0. The van der Waals surface area contributed by atoms with Gasteiger partial charge < -0.3 is 10.1 Å². The van der Waals surface area contributed by atoms with E-state index >= 15 is 0 Å². The van der Waals surface area contributed by atoms with Crippen molar-refractivity contribution in [2.75, 3.05) is 12.4 Å². The zero-order chi connectivity index (χ0) is 14.4. The zero-order valence-electron chi connectivity index (χ0n) is 11.1. The Hall–Kier alpha value is -2.80. The van der Waals surface area contributed by atoms with E-state index in [9.17, 15) is 4.79 Å². The van der Waals surface area contributed by atoms with Crippen molar-refractivity contribution in [1.82, 2.24) is 0 Å². The minimum absolute atomic E-state index is 0.154. The Morgan fingerprint density at radius 3 is 2.80 bits per heavy atom. The van der Waals surface area contributed by atoms with Gasteiger partial charge in [0, 0.05) is 11.3 Å². The number of benzene rings is 2. The molecule has 4 nitrogen and oxygen atoms in total. The fraction of sp³-hybridized carbons (Fsp3) is 0.125. The Labute approximate surface area is 117 Å². The number of ether oxygens (including phenoxy) is 1. The van der Waals surface area contributed by atoms with Crippen LogP contribution >= 0.6 is 0 Å². The van der Waals surface area contributed by atoms with Crippen molar-refractivity contribution in [1.29, 1.82) is 5.26 Å². The SMILES string of the molecule is COc1ccccc1-c1cccc(NC(=O)CC#N)c1. The zero-order valence-corrected chi connectivity index (χ0v) is 11.1. The lowest BCUT2D eigenvalue weighted by Gasteiger charge is -2.10. The first-order chi connectivity index (χ1) is 9.74. The van der Waals surface area contributed by atoms with Gasteiger partial charge in [-0.1, -0.05) is 30.3 Å². The number of methoxy groups -OCH3 is 1. The van der Waals surface area contributed by atoms with Crippen molar-refractivity contribution < 1.29 is 9.53 Å². The Kier molecular flexibility index (Phi) is 4.35. The largest absolute Gasteiger partial charge is 0.496 e. The maximum atomic E-state index is 11.4. The number of nitrogens with zero attached hydrogens (tertiary/aromatic N) is 1. The summed E-state index contributed by atoms with van der Waals surface area (Å²) in [6, 6.07) is 16.9. The number of carbonyl (C=O) groups excluding carboxylic acids is 1. The highest BCUT2D eigenvalue weighted by molar-refractivity contribution is 5.92. The first-order valence-electron chi connectivity index (χ1n) is 6.15. The Bertz CT molecular complexity index is 660. The molecule has 0 aliphatic carbocycles. The number of amides is 1. The van der Waals surface area contributed by atoms with E-state index in [1.54, 1.807) is 13.2 Å². The maximum absolute atomic E-state index is 11.4. The van der Waals surface area contributed by atoms with Crippen LogP contribution < -0.4 is 10.1 Å². The van der Waals surface area contributed by atoms with Crippen LogP contribution in [0.2, 0.25) is 0 Å². The summed E-state index contributed by atoms with van der Waals surface area (Å²) in [4.78, 5) is 11.4. The second-order valence-electron chi connectivity index (χ2n) is 4.16. The molecule has 0 aliphatic heterocycles. The fourth-order valence-corrected chi connectivity index (χ4v) is 1.92. The van der Waals surface area contributed by atoms with Gasteiger partial charge in [0.1, 0.15) is 12.2 Å². The summed E-state index contributed by atoms with van der Waals surface area (Å²) in [7, 11) is 1.62. The highest BCUT2D eigenvalue weighted by atomic mass is 16.5. The van der Waals surface area contributed by atoms with Gasteiger partial charge in [0.25, 0.3) is 0 Å². The molecule has 4 heteroatoms. The van der Waals surface area contributed by atoms with Gasteiger partial charge in [-0.3, -0.25) is 4.79 Å². The van der Waals surface area contributed by atoms with E-state index < -0.39 is 0 Å². The minimum atomic E-state index is -0.315. The molecule has 0 saturated carbocycles. The standard InChI is InChI=1S/C16H14N2O2/c1-20-15-8-3-2-7-14(15)12-5-4-6-13(11-12)18-16(19)9-10-17/h2-8,11H,9H2,1H3,(H,18,19). The molecule has 0 heterocycles. The molecule has 0 aromatic heterocycles. The van der Waals surface area contributed by atoms with Crippen LogP contribution in [0.1, 0.15) is 6.42 Å². The minimum Gasteiger partial charge on any atom is -0.496 e. The summed E-state index contributed by atoms with van der Waals surface area (Å²) in [6.07, 6.45) is -0.154. The van der Waals surface area contributed by atoms with Crippen LogP contribution in [0.25, 0.3) is 11.1 Å². The molecule has 1 amide bonds. The second kappa shape index (κ2) is 6.39. The van der Waals surface area contributed by atoms with Crippen molar-refractivity contribution in [3.63, 3.8) is 0 Å². The van der Waals surface area contributed by atoms with Gasteiger partial charge in [0.15, 0.2) is 0 Å². The Morgan fingerprint density at radius 2 is 2.05 bits per heavy atom. The Morgan fingerprint density at radius 1 is 1.25 bits per heavy atom. The normalized spacial score (nSPS) is 9.60. The molecule has 2 aromatic rings. The van der Waals surface area contributed by atoms with Crippen molar-refractivity contribution in [2.24, 2.45) is 0 Å². The molecule has 0 unspecified atom stereocenters. The molecule has 0 fully saturated rings. The van der Waals surface area contributed by atoms with Gasteiger partial charge >= 0.3 is 0 Å². The van der Waals surface area contributed by atoms with Crippen molar-refractivity contribution in [2.45, 2.75) is 6.42 Å². The number of hydrogen-bond donors (Lipinski definition) is 1. The van der Waals surface area contributed by atoms with Crippen molar-refractivity contribution in [3.8, 4) is 22.9 Å². The Balaban J connectivity index is 2.30. The van der Waals surface area contributed by atoms with Crippen molar-refractivity contribution in [3.05, 3.63) is 48.5 Å². The van der Waals surface area contributed by atoms with Crippen molar-refractivity contribution >= 4 is 11.6 Å². The third-order valence-electron chi connectivity index (χ3n) is 2.80. The van der Waals surface area contributed by atoms with E-state index in [4.69, 9.17) is 10.00 Å². The van der Waals surface area contributed by atoms with Gasteiger partial charge in [0.05, 0.1) is 13.2 Å². The molecule has 2 aromatic carbocycles. The predicted molar refractivity (Wildman–Crippen MR) is 77.3 cm³/mol. The van der Waals surface area contributed by atoms with Gasteiger partial charge in [-0.05, 0) is 23.8 Å². The van der Waals surface area contributed by atoms with E-state index in [1.807, 2.05) is 48.5 Å². The summed E-state index contributed by atoms with van der Waals surface area (Å²) in [5.41, 5.74) is 2.55. The number of anilines is 1. The van der Waals surface area contributed by atoms with Crippen LogP contribution in [0.5, 0.6) is 5.75 Å². The number of hydrogen-bond acceptors (Lipinski definition) is 3. The third kappa shape index (κ3) is 3.15. The van der Waals surface area contributed by atoms with Gasteiger partial charge in [-0.15, -0.1) is 0 Å². The number of rotatable bonds is 4. The number of nitriles is 1. The molecule has 100 valence electrons. The van der Waals surface area contributed by atoms with E-state index in [0.29, 0.717) is 5.69 Å². The van der Waals surface area contributed by atoms with Crippen LogP contribution in [-0.2, 0) is 4.79 Å². The molecular weight excluding hydrogens is 252 g/mol. The van der Waals surface area contributed by atoms with Gasteiger partial charge in [-0.25, -0.2) is 0 Å². The molecule has 0 radical (unpaired) electrons. The van der Waals surface area contributed by atoms with E-state index in [-0.39, 0.29) is 12.3 Å². The van der Waals surface area contributed by atoms with E-state index in [2.05, 4.69) is 5.32 Å². The smallest absolute Gasteiger partial charge is 0.238 e. The molecule has 20 heavy (non-hydrogen) atoms. The van der Waals surface area contributed by atoms with Crippen LogP contribution in [-0.4, -0.2) is 13.0 Å². The lowest BCUT2D eigenvalue weighted by molar-refractivity contribution is -0.115. The molecule has 0 bridgehead atoms. The molecule has 2 rings (SSSR count). The van der Waals surface area contributed by atoms with Crippen LogP contribution in [0.15, 0.2) is 48.5 Å². The quantitative estimate of drug-likeness (QED) is 0.924. The molecule has 1 N–H and O–H groups in total. The van der Waals surface area contributed by atoms with Crippen LogP contribution in [0.3, 0.4) is 0 Å². The molecule has 0 saturated heterocycles. The second-order valence-corrected chi connectivity index (χ2v) is 4.16. The summed E-state index contributed by atoms with van der Waals surface area (Å²) in [5, 5.41) is 11.2. The first kappa shape index (κ1) is 13.6. The van der Waals surface area contributed by atoms with Crippen LogP contribution in [0.4, 0.5) is 5.69 Å². The number of carbonyl (C=O) groups is 1. The first-order valence-corrected chi connectivity index (χ1v) is 6.15. The lowest BCUT2D eigenvalue weighted by atomic mass is 10.0. The molecule has 0 aliphatic rings. The summed E-state index contributed by atoms with van der Waals surface area (Å²) in [5.74, 6) is 0.456. The molecule has 0 atom stereocenters. The average Bonchev–Trinajstić information content (AvgIpc) is 2.47. The number of nitrogens with one attached hydrogen (secondary N) is 1. The lowest BCUT2D eigenvalue weighted by Crippen LogP contribution is -2.09. The highest BCUT2D eigenvalue weighted by Crippen LogP contribution is 2.30. The van der Waals surface area contributed by atoms with Gasteiger partial charge in [0.2, 0.25) is 5.91 Å². The maximum Gasteiger partial charge on any atom is 0.238 e.